The van der Waals surface area contributed by atoms with Crippen molar-refractivity contribution < 1.29 is 13.6 Å². The standard InChI is InChI=1S/C16H21F2N3O/c1-10(2)16(4,9-19)21-15(22)8-20-11(3)12-5-6-13(17)14(18)7-12/h5-7,10-11,20H,8H2,1-4H3,(H,21,22)/t11-,16+/m1/s1. The Bertz CT molecular complexity index is 583. The van der Waals surface area contributed by atoms with Gasteiger partial charge in [0.2, 0.25) is 5.91 Å². The third-order valence-electron chi connectivity index (χ3n) is 3.80. The Morgan fingerprint density at radius 3 is 2.45 bits per heavy atom. The van der Waals surface area contributed by atoms with Crippen LogP contribution in [-0.4, -0.2) is 18.0 Å². The van der Waals surface area contributed by atoms with Crippen molar-refractivity contribution in [2.45, 2.75) is 39.3 Å². The molecule has 0 aliphatic heterocycles. The van der Waals surface area contributed by atoms with Crippen molar-refractivity contribution in [1.82, 2.24) is 10.6 Å². The molecule has 4 nitrogen and oxygen atoms in total. The van der Waals surface area contributed by atoms with Crippen LogP contribution in [0.4, 0.5) is 8.78 Å². The highest BCUT2D eigenvalue weighted by Crippen LogP contribution is 2.16. The second-order valence-corrected chi connectivity index (χ2v) is 5.79. The summed E-state index contributed by atoms with van der Waals surface area (Å²) in [5, 5.41) is 14.7. The van der Waals surface area contributed by atoms with E-state index in [0.29, 0.717) is 5.56 Å². The number of benzene rings is 1. The lowest BCUT2D eigenvalue weighted by atomic mass is 9.90. The molecule has 0 aliphatic rings. The number of halogens is 2. The number of nitrogens with zero attached hydrogens (tertiary/aromatic N) is 1. The van der Waals surface area contributed by atoms with E-state index in [2.05, 4.69) is 16.7 Å². The second kappa shape index (κ2) is 7.32. The van der Waals surface area contributed by atoms with Crippen molar-refractivity contribution in [2.75, 3.05) is 6.54 Å². The maximum absolute atomic E-state index is 13.2. The van der Waals surface area contributed by atoms with E-state index in [1.54, 1.807) is 13.8 Å². The van der Waals surface area contributed by atoms with Crippen LogP contribution >= 0.6 is 0 Å². The average Bonchev–Trinajstić information content (AvgIpc) is 2.47. The Morgan fingerprint density at radius 1 is 1.32 bits per heavy atom. The van der Waals surface area contributed by atoms with Gasteiger partial charge in [0, 0.05) is 6.04 Å². The van der Waals surface area contributed by atoms with E-state index >= 15 is 0 Å². The first-order valence-electron chi connectivity index (χ1n) is 7.10. The van der Waals surface area contributed by atoms with Crippen molar-refractivity contribution in [3.05, 3.63) is 35.4 Å². The monoisotopic (exact) mass is 309 g/mol. The van der Waals surface area contributed by atoms with Crippen molar-refractivity contribution in [2.24, 2.45) is 5.92 Å². The number of carbonyl (C=O) groups excluding carboxylic acids is 1. The highest BCUT2D eigenvalue weighted by atomic mass is 19.2. The van der Waals surface area contributed by atoms with Gasteiger partial charge < -0.3 is 10.6 Å². The highest BCUT2D eigenvalue weighted by Gasteiger charge is 2.29. The lowest BCUT2D eigenvalue weighted by Crippen LogP contribution is -2.51. The van der Waals surface area contributed by atoms with Crippen LogP contribution < -0.4 is 10.6 Å². The molecular formula is C16H21F2N3O. The molecule has 120 valence electrons. The number of carbonyl (C=O) groups is 1. The average molecular weight is 309 g/mol. The van der Waals surface area contributed by atoms with Crippen molar-refractivity contribution >= 4 is 5.91 Å². The minimum Gasteiger partial charge on any atom is -0.337 e. The van der Waals surface area contributed by atoms with E-state index in [1.807, 2.05) is 13.8 Å². The second-order valence-electron chi connectivity index (χ2n) is 5.79. The van der Waals surface area contributed by atoms with Crippen LogP contribution in [-0.2, 0) is 4.79 Å². The maximum Gasteiger partial charge on any atom is 0.235 e. The van der Waals surface area contributed by atoms with E-state index in [4.69, 9.17) is 5.26 Å². The zero-order chi connectivity index (χ0) is 16.9. The molecule has 0 saturated carbocycles. The van der Waals surface area contributed by atoms with Gasteiger partial charge in [-0.15, -0.1) is 0 Å². The van der Waals surface area contributed by atoms with Gasteiger partial charge >= 0.3 is 0 Å². The molecule has 1 rings (SSSR count). The summed E-state index contributed by atoms with van der Waals surface area (Å²) in [6, 6.07) is 5.37. The third-order valence-corrected chi connectivity index (χ3v) is 3.80. The molecule has 1 amide bonds. The summed E-state index contributed by atoms with van der Waals surface area (Å²) >= 11 is 0. The predicted molar refractivity (Wildman–Crippen MR) is 79.8 cm³/mol. The molecular weight excluding hydrogens is 288 g/mol. The number of nitrogens with one attached hydrogen (secondary N) is 2. The zero-order valence-corrected chi connectivity index (χ0v) is 13.2. The van der Waals surface area contributed by atoms with Crippen LogP contribution in [0.25, 0.3) is 0 Å². The van der Waals surface area contributed by atoms with Crippen LogP contribution in [0.15, 0.2) is 18.2 Å². The molecule has 0 unspecified atom stereocenters. The molecule has 0 aliphatic carbocycles. The van der Waals surface area contributed by atoms with Gasteiger partial charge in [-0.2, -0.15) is 5.26 Å². The summed E-state index contributed by atoms with van der Waals surface area (Å²) in [5.41, 5.74) is -0.400. The molecule has 0 radical (unpaired) electrons. The summed E-state index contributed by atoms with van der Waals surface area (Å²) in [6.07, 6.45) is 0. The smallest absolute Gasteiger partial charge is 0.235 e. The predicted octanol–water partition coefficient (Wildman–Crippen LogP) is 2.67. The molecule has 0 saturated heterocycles. The van der Waals surface area contributed by atoms with E-state index < -0.39 is 17.2 Å². The summed E-state index contributed by atoms with van der Waals surface area (Å²) in [4.78, 5) is 11.9. The first kappa shape index (κ1) is 18.1. The van der Waals surface area contributed by atoms with Gasteiger partial charge in [-0.05, 0) is 37.5 Å². The molecule has 6 heteroatoms. The van der Waals surface area contributed by atoms with Gasteiger partial charge in [0.15, 0.2) is 11.6 Å². The number of amides is 1. The van der Waals surface area contributed by atoms with E-state index in [0.717, 1.165) is 12.1 Å². The summed E-state index contributed by atoms with van der Waals surface area (Å²) in [6.45, 7) is 7.08. The number of nitriles is 1. The molecule has 0 fully saturated rings. The third kappa shape index (κ3) is 4.50. The molecule has 2 N–H and O–H groups in total. The SMILES string of the molecule is CC(C)[C@](C)(C#N)NC(=O)CN[C@H](C)c1ccc(F)c(F)c1. The summed E-state index contributed by atoms with van der Waals surface area (Å²) in [7, 11) is 0. The molecule has 0 aromatic heterocycles. The van der Waals surface area contributed by atoms with Crippen LogP contribution in [0.1, 0.15) is 39.3 Å². The highest BCUT2D eigenvalue weighted by molar-refractivity contribution is 5.79. The topological polar surface area (TPSA) is 64.9 Å². The maximum atomic E-state index is 13.2. The Kier molecular flexibility index (Phi) is 6.01. The zero-order valence-electron chi connectivity index (χ0n) is 13.2. The molecule has 0 bridgehead atoms. The largest absolute Gasteiger partial charge is 0.337 e. The van der Waals surface area contributed by atoms with Crippen molar-refractivity contribution in [1.29, 1.82) is 5.26 Å². The Labute approximate surface area is 129 Å². The fourth-order valence-electron chi connectivity index (χ4n) is 1.78. The van der Waals surface area contributed by atoms with Crippen LogP contribution in [0, 0.1) is 28.9 Å². The quantitative estimate of drug-likeness (QED) is 0.849. The molecule has 1 aromatic carbocycles. The fourth-order valence-corrected chi connectivity index (χ4v) is 1.78. The molecule has 2 atom stereocenters. The van der Waals surface area contributed by atoms with Gasteiger partial charge in [0.25, 0.3) is 0 Å². The lowest BCUT2D eigenvalue weighted by molar-refractivity contribution is -0.122. The molecule has 0 heterocycles. The Hall–Kier alpha value is -2.00. The summed E-state index contributed by atoms with van der Waals surface area (Å²) in [5.74, 6) is -2.19. The van der Waals surface area contributed by atoms with Gasteiger partial charge in [-0.25, -0.2) is 8.78 Å². The number of hydrogen-bond donors (Lipinski definition) is 2. The van der Waals surface area contributed by atoms with Gasteiger partial charge in [-0.1, -0.05) is 19.9 Å². The van der Waals surface area contributed by atoms with Crippen molar-refractivity contribution in [3.63, 3.8) is 0 Å². The Morgan fingerprint density at radius 2 is 1.95 bits per heavy atom. The fraction of sp³-hybridized carbons (Fsp3) is 0.500. The minimum absolute atomic E-state index is 0.0237. The van der Waals surface area contributed by atoms with Crippen LogP contribution in [0.5, 0.6) is 0 Å². The van der Waals surface area contributed by atoms with Crippen LogP contribution in [0.3, 0.4) is 0 Å². The van der Waals surface area contributed by atoms with Gasteiger partial charge in [0.05, 0.1) is 12.6 Å². The normalized spacial score (nSPS) is 15.0. The van der Waals surface area contributed by atoms with E-state index in [1.165, 1.54) is 6.07 Å². The summed E-state index contributed by atoms with van der Waals surface area (Å²) < 4.78 is 26.1. The molecule has 0 spiro atoms. The first-order valence-corrected chi connectivity index (χ1v) is 7.10. The first-order chi connectivity index (χ1) is 10.2. The Balaban J connectivity index is 2.60. The van der Waals surface area contributed by atoms with Gasteiger partial charge in [0.1, 0.15) is 5.54 Å². The number of rotatable bonds is 6. The van der Waals surface area contributed by atoms with Gasteiger partial charge in [-0.3, -0.25) is 4.79 Å². The molecule has 1 aromatic rings. The minimum atomic E-state index is -0.940. The molecule has 22 heavy (non-hydrogen) atoms. The van der Waals surface area contributed by atoms with Crippen LogP contribution in [0.2, 0.25) is 0 Å². The van der Waals surface area contributed by atoms with E-state index in [-0.39, 0.29) is 24.4 Å². The number of hydrogen-bond acceptors (Lipinski definition) is 3. The van der Waals surface area contributed by atoms with Crippen molar-refractivity contribution in [3.8, 4) is 6.07 Å². The lowest BCUT2D eigenvalue weighted by Gasteiger charge is -2.27. The van der Waals surface area contributed by atoms with E-state index in [9.17, 15) is 13.6 Å².